The van der Waals surface area contributed by atoms with Gasteiger partial charge >= 0.3 is 0 Å². The Morgan fingerprint density at radius 3 is 2.80 bits per heavy atom. The number of benzene rings is 1. The van der Waals surface area contributed by atoms with Crippen LogP contribution in [0.2, 0.25) is 0 Å². The molecule has 2 aromatic rings. The van der Waals surface area contributed by atoms with Gasteiger partial charge in [0.25, 0.3) is 0 Å². The fourth-order valence-electron chi connectivity index (χ4n) is 2.21. The molecule has 1 aromatic heterocycles. The summed E-state index contributed by atoms with van der Waals surface area (Å²) in [5.74, 6) is 0.707. The summed E-state index contributed by atoms with van der Waals surface area (Å²) in [6.07, 6.45) is 0. The van der Waals surface area contributed by atoms with Gasteiger partial charge in [-0.1, -0.05) is 30.4 Å². The van der Waals surface area contributed by atoms with Crippen LogP contribution in [0.5, 0.6) is 0 Å². The Kier molecular flexibility index (Phi) is 3.77. The number of hydrogen-bond acceptors (Lipinski definition) is 5. The first-order chi connectivity index (χ1) is 9.74. The Balaban J connectivity index is 1.98. The number of rotatable bonds is 3. The highest BCUT2D eigenvalue weighted by atomic mass is 32.1. The number of thiocarbonyl (C=S) groups is 1. The number of fused-ring (bicyclic) bond motifs is 1. The molecule has 0 amide bonds. The molecule has 0 radical (unpaired) electrons. The first-order valence-electron chi connectivity index (χ1n) is 6.53. The predicted octanol–water partition coefficient (Wildman–Crippen LogP) is 1.53. The van der Waals surface area contributed by atoms with Crippen molar-refractivity contribution < 1.29 is 4.74 Å². The van der Waals surface area contributed by atoms with Crippen molar-refractivity contribution in [2.24, 2.45) is 5.73 Å². The number of nitrogens with two attached hydrogens (primary N) is 1. The third-order valence-corrected chi connectivity index (χ3v) is 3.48. The number of anilines is 1. The quantitative estimate of drug-likeness (QED) is 0.835. The first kappa shape index (κ1) is 13.2. The summed E-state index contributed by atoms with van der Waals surface area (Å²) in [5.41, 5.74) is 10.8. The van der Waals surface area contributed by atoms with Gasteiger partial charge in [-0.2, -0.15) is 0 Å². The molecule has 1 fully saturated rings. The van der Waals surface area contributed by atoms with E-state index in [4.69, 9.17) is 22.7 Å². The lowest BCUT2D eigenvalue weighted by Crippen LogP contribution is -2.41. The van der Waals surface area contributed by atoms with Crippen molar-refractivity contribution in [2.45, 2.75) is 0 Å². The van der Waals surface area contributed by atoms with Gasteiger partial charge in [0.15, 0.2) is 5.82 Å². The summed E-state index contributed by atoms with van der Waals surface area (Å²) in [7, 11) is 0. The van der Waals surface area contributed by atoms with Gasteiger partial charge < -0.3 is 15.9 Å². The van der Waals surface area contributed by atoms with Crippen LogP contribution in [0.4, 0.5) is 5.82 Å². The summed E-state index contributed by atoms with van der Waals surface area (Å²) in [4.78, 5) is 4.98. The van der Waals surface area contributed by atoms with Crippen molar-refractivity contribution in [3.8, 4) is 0 Å². The van der Waals surface area contributed by atoms with Crippen molar-refractivity contribution in [1.82, 2.24) is 9.99 Å². The molecule has 0 bridgehead atoms. The molecule has 6 heteroatoms. The smallest absolute Gasteiger partial charge is 0.151 e. The Morgan fingerprint density at radius 2 is 2.05 bits per heavy atom. The maximum absolute atomic E-state index is 5.82. The second-order valence-electron chi connectivity index (χ2n) is 4.65. The maximum Gasteiger partial charge on any atom is 0.151 e. The van der Waals surface area contributed by atoms with Crippen molar-refractivity contribution in [3.05, 3.63) is 35.9 Å². The van der Waals surface area contributed by atoms with E-state index in [1.165, 1.54) is 0 Å². The fourth-order valence-corrected chi connectivity index (χ4v) is 2.37. The standard InChI is InChI=1S/C14H16N4OS/c15-13(20)11-9-10-3-1-2-4-12(10)16-14(11)17-18-5-7-19-8-6-18/h1-4,9H,5-8H2,(H2,15,20)(H,16,17). The van der Waals surface area contributed by atoms with Gasteiger partial charge in [0.2, 0.25) is 0 Å². The van der Waals surface area contributed by atoms with Crippen molar-refractivity contribution in [3.63, 3.8) is 0 Å². The number of pyridine rings is 1. The minimum absolute atomic E-state index is 0.346. The molecule has 1 aliphatic rings. The molecule has 1 aromatic carbocycles. The third-order valence-electron chi connectivity index (χ3n) is 3.26. The zero-order valence-corrected chi connectivity index (χ0v) is 11.8. The lowest BCUT2D eigenvalue weighted by molar-refractivity contribution is 0.0495. The monoisotopic (exact) mass is 288 g/mol. The zero-order valence-electron chi connectivity index (χ0n) is 11.0. The molecule has 3 rings (SSSR count). The topological polar surface area (TPSA) is 63.4 Å². The number of ether oxygens (including phenoxy) is 1. The highest BCUT2D eigenvalue weighted by Crippen LogP contribution is 2.21. The Bertz CT molecular complexity index is 640. The molecule has 1 aliphatic heterocycles. The Labute approximate surface area is 122 Å². The normalized spacial score (nSPS) is 16.2. The molecule has 0 atom stereocenters. The number of aromatic nitrogens is 1. The molecule has 104 valence electrons. The van der Waals surface area contributed by atoms with Crippen LogP contribution >= 0.6 is 12.2 Å². The Hall–Kier alpha value is -1.76. The average Bonchev–Trinajstić information content (AvgIpc) is 2.47. The minimum Gasteiger partial charge on any atom is -0.389 e. The molecular formula is C14H16N4OS. The number of nitrogens with one attached hydrogen (secondary N) is 1. The van der Waals surface area contributed by atoms with Crippen LogP contribution in [0, 0.1) is 0 Å². The second-order valence-corrected chi connectivity index (χ2v) is 5.09. The summed E-state index contributed by atoms with van der Waals surface area (Å²) in [6.45, 7) is 3.04. The van der Waals surface area contributed by atoms with Crippen LogP contribution in [-0.4, -0.2) is 41.3 Å². The van der Waals surface area contributed by atoms with E-state index >= 15 is 0 Å². The van der Waals surface area contributed by atoms with Crippen LogP contribution in [0.25, 0.3) is 10.9 Å². The molecule has 0 spiro atoms. The van der Waals surface area contributed by atoms with Crippen molar-refractivity contribution in [2.75, 3.05) is 31.7 Å². The van der Waals surface area contributed by atoms with E-state index in [1.807, 2.05) is 30.3 Å². The summed E-state index contributed by atoms with van der Waals surface area (Å²) >= 11 is 5.13. The molecule has 20 heavy (non-hydrogen) atoms. The van der Waals surface area contributed by atoms with Crippen LogP contribution in [0.3, 0.4) is 0 Å². The van der Waals surface area contributed by atoms with E-state index in [-0.39, 0.29) is 0 Å². The van der Waals surface area contributed by atoms with Gasteiger partial charge in [0.05, 0.1) is 24.3 Å². The van der Waals surface area contributed by atoms with E-state index in [9.17, 15) is 0 Å². The van der Waals surface area contributed by atoms with Crippen molar-refractivity contribution >= 4 is 33.9 Å². The lowest BCUT2D eigenvalue weighted by atomic mass is 10.1. The molecule has 2 heterocycles. The van der Waals surface area contributed by atoms with Crippen LogP contribution in [0.1, 0.15) is 5.56 Å². The van der Waals surface area contributed by atoms with Crippen LogP contribution in [-0.2, 0) is 4.74 Å². The highest BCUT2D eigenvalue weighted by molar-refractivity contribution is 7.80. The molecule has 0 saturated carbocycles. The first-order valence-corrected chi connectivity index (χ1v) is 6.94. The van der Waals surface area contributed by atoms with E-state index in [0.717, 1.165) is 29.6 Å². The van der Waals surface area contributed by atoms with Gasteiger partial charge in [0, 0.05) is 18.5 Å². The SMILES string of the molecule is NC(=S)c1cc2ccccc2nc1NN1CCOCC1. The predicted molar refractivity (Wildman–Crippen MR) is 83.6 cm³/mol. The van der Waals surface area contributed by atoms with Crippen LogP contribution in [0.15, 0.2) is 30.3 Å². The van der Waals surface area contributed by atoms with E-state index in [0.29, 0.717) is 24.0 Å². The lowest BCUT2D eigenvalue weighted by Gasteiger charge is -2.28. The van der Waals surface area contributed by atoms with Gasteiger partial charge in [-0.15, -0.1) is 0 Å². The van der Waals surface area contributed by atoms with Gasteiger partial charge in [-0.05, 0) is 12.1 Å². The van der Waals surface area contributed by atoms with E-state index in [2.05, 4.69) is 15.4 Å². The number of hydrazine groups is 1. The van der Waals surface area contributed by atoms with Gasteiger partial charge in [-0.25, -0.2) is 9.99 Å². The third kappa shape index (κ3) is 2.72. The number of morpholine rings is 1. The molecule has 1 saturated heterocycles. The fraction of sp³-hybridized carbons (Fsp3) is 0.286. The molecule has 0 aliphatic carbocycles. The zero-order chi connectivity index (χ0) is 13.9. The average molecular weight is 288 g/mol. The molecule has 5 nitrogen and oxygen atoms in total. The van der Waals surface area contributed by atoms with Crippen molar-refractivity contribution in [1.29, 1.82) is 0 Å². The summed E-state index contributed by atoms with van der Waals surface area (Å²) in [6, 6.07) is 9.90. The van der Waals surface area contributed by atoms with E-state index in [1.54, 1.807) is 0 Å². The maximum atomic E-state index is 5.82. The number of nitrogens with zero attached hydrogens (tertiary/aromatic N) is 2. The number of para-hydroxylation sites is 1. The second kappa shape index (κ2) is 5.70. The molecule has 0 unspecified atom stereocenters. The van der Waals surface area contributed by atoms with Gasteiger partial charge in [-0.3, -0.25) is 0 Å². The minimum atomic E-state index is 0.346. The van der Waals surface area contributed by atoms with E-state index < -0.39 is 0 Å². The number of hydrogen-bond donors (Lipinski definition) is 2. The Morgan fingerprint density at radius 1 is 1.30 bits per heavy atom. The largest absolute Gasteiger partial charge is 0.389 e. The van der Waals surface area contributed by atoms with Crippen LogP contribution < -0.4 is 11.2 Å². The highest BCUT2D eigenvalue weighted by Gasteiger charge is 2.15. The summed E-state index contributed by atoms with van der Waals surface area (Å²) < 4.78 is 5.33. The molecular weight excluding hydrogens is 272 g/mol. The molecule has 3 N–H and O–H groups in total. The van der Waals surface area contributed by atoms with Gasteiger partial charge in [0.1, 0.15) is 4.99 Å². The summed E-state index contributed by atoms with van der Waals surface area (Å²) in [5, 5.41) is 3.10.